The second kappa shape index (κ2) is 12.9. The molecule has 2 aromatic carbocycles. The molecular weight excluding hydrogens is 522 g/mol. The molecular formula is C32H39N3O4S. The maximum absolute atomic E-state index is 13.9. The van der Waals surface area contributed by atoms with Crippen LogP contribution < -0.4 is 10.1 Å². The zero-order valence-electron chi connectivity index (χ0n) is 23.6. The van der Waals surface area contributed by atoms with Crippen molar-refractivity contribution >= 4 is 29.0 Å². The Morgan fingerprint density at radius 3 is 2.60 bits per heavy atom. The van der Waals surface area contributed by atoms with E-state index in [0.29, 0.717) is 37.9 Å². The van der Waals surface area contributed by atoms with Gasteiger partial charge in [0.25, 0.3) is 0 Å². The van der Waals surface area contributed by atoms with Crippen LogP contribution in [0.1, 0.15) is 60.2 Å². The zero-order chi connectivity index (χ0) is 28.1. The first-order valence-corrected chi connectivity index (χ1v) is 15.1. The van der Waals surface area contributed by atoms with Crippen molar-refractivity contribution < 1.29 is 19.1 Å². The summed E-state index contributed by atoms with van der Waals surface area (Å²) in [5.41, 5.74) is 4.22. The number of nitrogens with one attached hydrogen (secondary N) is 1. The van der Waals surface area contributed by atoms with Gasteiger partial charge in [0.2, 0.25) is 5.91 Å². The van der Waals surface area contributed by atoms with Crippen LogP contribution in [0.5, 0.6) is 5.75 Å². The van der Waals surface area contributed by atoms with Crippen LogP contribution in [0.15, 0.2) is 60.0 Å². The minimum Gasteiger partial charge on any atom is -0.491 e. The molecule has 2 aliphatic heterocycles. The van der Waals surface area contributed by atoms with Crippen molar-refractivity contribution in [3.8, 4) is 5.75 Å². The highest BCUT2D eigenvalue weighted by atomic mass is 32.1. The Morgan fingerprint density at radius 1 is 1.12 bits per heavy atom. The average Bonchev–Trinajstić information content (AvgIpc) is 3.65. The van der Waals surface area contributed by atoms with Crippen LogP contribution in [-0.2, 0) is 16.0 Å². The summed E-state index contributed by atoms with van der Waals surface area (Å²) in [5.74, 6) is 1.16. The average molecular weight is 562 g/mol. The fraction of sp³-hybridized carbons (Fsp3) is 0.438. The number of amides is 3. The van der Waals surface area contributed by atoms with Crippen molar-refractivity contribution in [1.29, 1.82) is 0 Å². The first-order chi connectivity index (χ1) is 19.4. The van der Waals surface area contributed by atoms with E-state index in [1.165, 1.54) is 10.4 Å². The van der Waals surface area contributed by atoms with Gasteiger partial charge in [0.05, 0.1) is 12.1 Å². The van der Waals surface area contributed by atoms with Gasteiger partial charge in [-0.1, -0.05) is 43.7 Å². The third-order valence-electron chi connectivity index (χ3n) is 7.73. The Morgan fingerprint density at radius 2 is 1.90 bits per heavy atom. The van der Waals surface area contributed by atoms with Gasteiger partial charge in [0.1, 0.15) is 18.9 Å². The predicted octanol–water partition coefficient (Wildman–Crippen LogP) is 6.40. The van der Waals surface area contributed by atoms with E-state index in [2.05, 4.69) is 42.7 Å². The highest BCUT2D eigenvalue weighted by Gasteiger charge is 2.34. The molecule has 1 N–H and O–H groups in total. The zero-order valence-corrected chi connectivity index (χ0v) is 24.4. The molecule has 3 amide bonds. The minimum absolute atomic E-state index is 0.0173. The summed E-state index contributed by atoms with van der Waals surface area (Å²) in [6.45, 7) is 8.35. The maximum atomic E-state index is 13.9. The lowest BCUT2D eigenvalue weighted by Crippen LogP contribution is -2.50. The van der Waals surface area contributed by atoms with Crippen molar-refractivity contribution in [2.45, 2.75) is 58.1 Å². The molecule has 2 aliphatic rings. The fourth-order valence-electron chi connectivity index (χ4n) is 5.35. The van der Waals surface area contributed by atoms with Crippen molar-refractivity contribution in [2.24, 2.45) is 0 Å². The molecule has 40 heavy (non-hydrogen) atoms. The van der Waals surface area contributed by atoms with E-state index in [1.807, 2.05) is 48.2 Å². The molecule has 5 rings (SSSR count). The van der Waals surface area contributed by atoms with Crippen LogP contribution in [0.3, 0.4) is 0 Å². The number of carbonyl (C=O) groups is 2. The number of rotatable bonds is 9. The standard InChI is InChI=1S/C32H39N3O4S/c1-22(2)24-8-12-26(13-9-24)39-21-29-28-15-18-40-30(28)14-16-35(29)31(36)20-34(19-27-5-4-17-38-27)32(37)33-25-10-6-23(3)7-11-25/h6-13,15,18,22,27,29H,4-5,14,16-17,19-21H2,1-3H3,(H,33,37)/t27-,29+/m0/s1. The Bertz CT molecular complexity index is 1280. The van der Waals surface area contributed by atoms with E-state index in [0.717, 1.165) is 36.1 Å². The summed E-state index contributed by atoms with van der Waals surface area (Å²) in [6.07, 6.45) is 2.60. The molecule has 0 spiro atoms. The van der Waals surface area contributed by atoms with Crippen molar-refractivity contribution in [3.05, 3.63) is 81.5 Å². The van der Waals surface area contributed by atoms with Gasteiger partial charge in [0, 0.05) is 30.3 Å². The SMILES string of the molecule is Cc1ccc(NC(=O)N(CC(=O)N2CCc3sccc3[C@H]2COc2ccc(C(C)C)cc2)C[C@@H]2CCCO2)cc1. The molecule has 2 atom stereocenters. The molecule has 1 aromatic heterocycles. The predicted molar refractivity (Wildman–Crippen MR) is 159 cm³/mol. The quantitative estimate of drug-likeness (QED) is 0.328. The number of anilines is 1. The van der Waals surface area contributed by atoms with Crippen LogP contribution in [-0.4, -0.2) is 60.7 Å². The summed E-state index contributed by atoms with van der Waals surface area (Å²) in [4.78, 5) is 32.0. The maximum Gasteiger partial charge on any atom is 0.322 e. The van der Waals surface area contributed by atoms with Crippen LogP contribution in [0.25, 0.3) is 0 Å². The Kier molecular flexibility index (Phi) is 9.07. The third kappa shape index (κ3) is 6.85. The Balaban J connectivity index is 1.30. The number of hydrogen-bond donors (Lipinski definition) is 1. The van der Waals surface area contributed by atoms with Gasteiger partial charge in [-0.25, -0.2) is 4.79 Å². The van der Waals surface area contributed by atoms with E-state index in [9.17, 15) is 9.59 Å². The highest BCUT2D eigenvalue weighted by Crippen LogP contribution is 2.34. The van der Waals surface area contributed by atoms with E-state index in [-0.39, 0.29) is 30.6 Å². The molecule has 0 bridgehead atoms. The van der Waals surface area contributed by atoms with Gasteiger partial charge < -0.3 is 24.6 Å². The largest absolute Gasteiger partial charge is 0.491 e. The van der Waals surface area contributed by atoms with E-state index < -0.39 is 0 Å². The lowest BCUT2D eigenvalue weighted by molar-refractivity contribution is -0.135. The van der Waals surface area contributed by atoms with Gasteiger partial charge in [-0.15, -0.1) is 11.3 Å². The van der Waals surface area contributed by atoms with E-state index in [4.69, 9.17) is 9.47 Å². The van der Waals surface area contributed by atoms with Crippen molar-refractivity contribution in [3.63, 3.8) is 0 Å². The van der Waals surface area contributed by atoms with E-state index >= 15 is 0 Å². The topological polar surface area (TPSA) is 71.1 Å². The molecule has 212 valence electrons. The van der Waals surface area contributed by atoms with Crippen LogP contribution in [0.2, 0.25) is 0 Å². The van der Waals surface area contributed by atoms with Gasteiger partial charge >= 0.3 is 6.03 Å². The molecule has 0 aliphatic carbocycles. The third-order valence-corrected chi connectivity index (χ3v) is 8.73. The number of fused-ring (bicyclic) bond motifs is 1. The van der Waals surface area contributed by atoms with Crippen molar-refractivity contribution in [1.82, 2.24) is 9.80 Å². The normalized spacial score (nSPS) is 18.4. The van der Waals surface area contributed by atoms with Crippen LogP contribution in [0, 0.1) is 6.92 Å². The molecule has 7 nitrogen and oxygen atoms in total. The summed E-state index contributed by atoms with van der Waals surface area (Å²) in [5, 5.41) is 5.06. The molecule has 0 saturated carbocycles. The van der Waals surface area contributed by atoms with Gasteiger partial charge in [0.15, 0.2) is 0 Å². The smallest absolute Gasteiger partial charge is 0.322 e. The monoisotopic (exact) mass is 561 g/mol. The van der Waals surface area contributed by atoms with Gasteiger partial charge in [-0.05, 0) is 78.9 Å². The Labute approximate surface area is 241 Å². The van der Waals surface area contributed by atoms with Crippen molar-refractivity contribution in [2.75, 3.05) is 38.2 Å². The number of aryl methyl sites for hydroxylation is 1. The molecule has 3 aromatic rings. The number of benzene rings is 2. The summed E-state index contributed by atoms with van der Waals surface area (Å²) in [7, 11) is 0. The molecule has 0 radical (unpaired) electrons. The van der Waals surface area contributed by atoms with Crippen LogP contribution >= 0.6 is 11.3 Å². The lowest BCUT2D eigenvalue weighted by atomic mass is 10.00. The molecule has 8 heteroatoms. The highest BCUT2D eigenvalue weighted by molar-refractivity contribution is 7.10. The number of hydrogen-bond acceptors (Lipinski definition) is 5. The second-order valence-corrected chi connectivity index (χ2v) is 12.0. The molecule has 1 fully saturated rings. The number of carbonyl (C=O) groups excluding carboxylic acids is 2. The molecule has 1 saturated heterocycles. The number of ether oxygens (including phenoxy) is 2. The molecule has 0 unspecified atom stereocenters. The lowest BCUT2D eigenvalue weighted by Gasteiger charge is -2.37. The van der Waals surface area contributed by atoms with Crippen LogP contribution in [0.4, 0.5) is 10.5 Å². The number of thiophene rings is 1. The molecule has 3 heterocycles. The van der Waals surface area contributed by atoms with Gasteiger partial charge in [-0.3, -0.25) is 4.79 Å². The van der Waals surface area contributed by atoms with Gasteiger partial charge in [-0.2, -0.15) is 0 Å². The fourth-order valence-corrected chi connectivity index (χ4v) is 6.27. The second-order valence-electron chi connectivity index (χ2n) is 11.0. The van der Waals surface area contributed by atoms with E-state index in [1.54, 1.807) is 16.2 Å². The summed E-state index contributed by atoms with van der Waals surface area (Å²) in [6, 6.07) is 17.4. The summed E-state index contributed by atoms with van der Waals surface area (Å²) < 4.78 is 12.1. The first kappa shape index (κ1) is 28.2. The summed E-state index contributed by atoms with van der Waals surface area (Å²) >= 11 is 1.73. The minimum atomic E-state index is -0.293. The first-order valence-electron chi connectivity index (χ1n) is 14.2. The number of nitrogens with zero attached hydrogens (tertiary/aromatic N) is 2. The number of urea groups is 1. The Hall–Kier alpha value is -3.36.